The van der Waals surface area contributed by atoms with Gasteiger partial charge in [-0.1, -0.05) is 18.2 Å². The van der Waals surface area contributed by atoms with Crippen molar-refractivity contribution in [2.24, 2.45) is 0 Å². The Labute approximate surface area is 115 Å². The van der Waals surface area contributed by atoms with Gasteiger partial charge in [0.15, 0.2) is 0 Å². The summed E-state index contributed by atoms with van der Waals surface area (Å²) in [5.41, 5.74) is 2.81. The van der Waals surface area contributed by atoms with Gasteiger partial charge in [-0.2, -0.15) is 0 Å². The topological polar surface area (TPSA) is 20.2 Å². The zero-order chi connectivity index (χ0) is 13.2. The predicted molar refractivity (Wildman–Crippen MR) is 80.5 cm³/mol. The summed E-state index contributed by atoms with van der Waals surface area (Å²) in [6.45, 7) is 10.1. The highest BCUT2D eigenvalue weighted by atomic mass is 15.2. The average molecular weight is 257 g/mol. The van der Waals surface area contributed by atoms with Crippen molar-refractivity contribution in [2.75, 3.05) is 26.2 Å². The molecule has 3 rings (SSSR count). The Morgan fingerprint density at radius 1 is 1.16 bits per heavy atom. The first-order valence-corrected chi connectivity index (χ1v) is 7.27. The molecule has 1 aliphatic rings. The summed E-state index contributed by atoms with van der Waals surface area (Å²) >= 11 is 0. The fraction of sp³-hybridized carbons (Fsp3) is 0.500. The third kappa shape index (κ3) is 2.53. The van der Waals surface area contributed by atoms with Crippen molar-refractivity contribution in [1.29, 1.82) is 0 Å². The van der Waals surface area contributed by atoms with E-state index in [4.69, 9.17) is 0 Å². The van der Waals surface area contributed by atoms with Crippen LogP contribution in [0.1, 0.15) is 25.6 Å². The van der Waals surface area contributed by atoms with Gasteiger partial charge in [0.05, 0.1) is 0 Å². The van der Waals surface area contributed by atoms with Gasteiger partial charge in [-0.15, -0.1) is 0 Å². The van der Waals surface area contributed by atoms with Crippen LogP contribution in [0.15, 0.2) is 30.3 Å². The first kappa shape index (κ1) is 12.7. The first-order valence-electron chi connectivity index (χ1n) is 7.27. The van der Waals surface area contributed by atoms with E-state index in [2.05, 4.69) is 59.0 Å². The van der Waals surface area contributed by atoms with E-state index in [0.717, 1.165) is 32.7 Å². The monoisotopic (exact) mass is 257 g/mol. The highest BCUT2D eigenvalue weighted by molar-refractivity contribution is 5.81. The lowest BCUT2D eigenvalue weighted by molar-refractivity contribution is 0.227. The molecule has 1 saturated heterocycles. The van der Waals surface area contributed by atoms with E-state index in [1.165, 1.54) is 16.6 Å². The Hall–Kier alpha value is -1.32. The second-order valence-electron chi connectivity index (χ2n) is 5.68. The molecule has 19 heavy (non-hydrogen) atoms. The molecule has 0 saturated carbocycles. The molecule has 1 fully saturated rings. The molecule has 1 aromatic heterocycles. The number of piperazine rings is 1. The van der Waals surface area contributed by atoms with Crippen molar-refractivity contribution < 1.29 is 0 Å². The molecule has 0 aliphatic carbocycles. The number of benzene rings is 1. The molecule has 3 nitrogen and oxygen atoms in total. The van der Waals surface area contributed by atoms with Crippen LogP contribution in [0.5, 0.6) is 0 Å². The molecule has 1 aromatic carbocycles. The van der Waals surface area contributed by atoms with E-state index in [9.17, 15) is 0 Å². The number of aromatic nitrogens is 1. The van der Waals surface area contributed by atoms with E-state index in [1.807, 2.05) is 0 Å². The Kier molecular flexibility index (Phi) is 3.58. The molecular weight excluding hydrogens is 234 g/mol. The Balaban J connectivity index is 1.95. The van der Waals surface area contributed by atoms with Gasteiger partial charge in [0.25, 0.3) is 0 Å². The fourth-order valence-electron chi connectivity index (χ4n) is 3.06. The second-order valence-corrected chi connectivity index (χ2v) is 5.68. The van der Waals surface area contributed by atoms with E-state index < -0.39 is 0 Å². The van der Waals surface area contributed by atoms with Crippen LogP contribution >= 0.6 is 0 Å². The maximum Gasteiger partial charge on any atom is 0.0485 e. The van der Waals surface area contributed by atoms with Crippen LogP contribution in [0.25, 0.3) is 10.9 Å². The van der Waals surface area contributed by atoms with Crippen LogP contribution in [0.3, 0.4) is 0 Å². The summed E-state index contributed by atoms with van der Waals surface area (Å²) in [4.78, 5) is 2.55. The zero-order valence-electron chi connectivity index (χ0n) is 11.9. The first-order chi connectivity index (χ1) is 9.25. The molecule has 0 amide bonds. The molecule has 2 heterocycles. The maximum absolute atomic E-state index is 3.42. The van der Waals surface area contributed by atoms with Gasteiger partial charge in [-0.05, 0) is 31.4 Å². The normalized spacial score (nSPS) is 17.4. The molecular formula is C16H23N3. The Morgan fingerprint density at radius 3 is 2.63 bits per heavy atom. The number of hydrogen-bond donors (Lipinski definition) is 1. The quantitative estimate of drug-likeness (QED) is 0.912. The van der Waals surface area contributed by atoms with Gasteiger partial charge in [0.2, 0.25) is 0 Å². The highest BCUT2D eigenvalue weighted by Crippen LogP contribution is 2.25. The summed E-state index contributed by atoms with van der Waals surface area (Å²) in [5.74, 6) is 0. The van der Waals surface area contributed by atoms with Crippen LogP contribution in [0, 0.1) is 0 Å². The molecule has 0 bridgehead atoms. The number of para-hydroxylation sites is 1. The standard InChI is InChI=1S/C16H23N3/c1-13(2)19-15(12-18-9-7-17-8-10-18)11-14-5-3-4-6-16(14)19/h3-6,11,13,17H,7-10,12H2,1-2H3. The van der Waals surface area contributed by atoms with Crippen LogP contribution in [-0.4, -0.2) is 35.6 Å². The van der Waals surface area contributed by atoms with Crippen LogP contribution in [0.2, 0.25) is 0 Å². The molecule has 0 unspecified atom stereocenters. The maximum atomic E-state index is 3.42. The van der Waals surface area contributed by atoms with Crippen molar-refractivity contribution in [3.05, 3.63) is 36.0 Å². The number of rotatable bonds is 3. The van der Waals surface area contributed by atoms with Crippen molar-refractivity contribution in [1.82, 2.24) is 14.8 Å². The van der Waals surface area contributed by atoms with Gasteiger partial charge < -0.3 is 9.88 Å². The lowest BCUT2D eigenvalue weighted by atomic mass is 10.2. The van der Waals surface area contributed by atoms with Crippen molar-refractivity contribution >= 4 is 10.9 Å². The van der Waals surface area contributed by atoms with Crippen LogP contribution < -0.4 is 5.32 Å². The summed E-state index contributed by atoms with van der Waals surface area (Å²) < 4.78 is 2.48. The average Bonchev–Trinajstić information content (AvgIpc) is 2.77. The minimum absolute atomic E-state index is 0.512. The van der Waals surface area contributed by atoms with Crippen molar-refractivity contribution in [3.63, 3.8) is 0 Å². The molecule has 2 aromatic rings. The third-order valence-electron chi connectivity index (χ3n) is 3.94. The third-order valence-corrected chi connectivity index (χ3v) is 3.94. The van der Waals surface area contributed by atoms with Gasteiger partial charge >= 0.3 is 0 Å². The Morgan fingerprint density at radius 2 is 1.89 bits per heavy atom. The largest absolute Gasteiger partial charge is 0.341 e. The molecule has 0 radical (unpaired) electrons. The number of hydrogen-bond acceptors (Lipinski definition) is 2. The van der Waals surface area contributed by atoms with Gasteiger partial charge in [-0.3, -0.25) is 4.90 Å². The van der Waals surface area contributed by atoms with Gasteiger partial charge in [0.1, 0.15) is 0 Å². The van der Waals surface area contributed by atoms with Crippen molar-refractivity contribution in [2.45, 2.75) is 26.4 Å². The van der Waals surface area contributed by atoms with Gasteiger partial charge in [-0.25, -0.2) is 0 Å². The number of fused-ring (bicyclic) bond motifs is 1. The van der Waals surface area contributed by atoms with E-state index in [-0.39, 0.29) is 0 Å². The van der Waals surface area contributed by atoms with Crippen LogP contribution in [0.4, 0.5) is 0 Å². The molecule has 0 atom stereocenters. The fourth-order valence-corrected chi connectivity index (χ4v) is 3.06. The van der Waals surface area contributed by atoms with E-state index in [1.54, 1.807) is 0 Å². The minimum atomic E-state index is 0.512. The summed E-state index contributed by atoms with van der Waals surface area (Å²) in [6.07, 6.45) is 0. The predicted octanol–water partition coefficient (Wildman–Crippen LogP) is 2.63. The van der Waals surface area contributed by atoms with E-state index in [0.29, 0.717) is 6.04 Å². The highest BCUT2D eigenvalue weighted by Gasteiger charge is 2.15. The minimum Gasteiger partial charge on any atom is -0.341 e. The van der Waals surface area contributed by atoms with E-state index >= 15 is 0 Å². The van der Waals surface area contributed by atoms with Crippen molar-refractivity contribution in [3.8, 4) is 0 Å². The second kappa shape index (κ2) is 5.35. The lowest BCUT2D eigenvalue weighted by Crippen LogP contribution is -2.43. The number of nitrogens with zero attached hydrogens (tertiary/aromatic N) is 2. The molecule has 1 aliphatic heterocycles. The Bertz CT molecular complexity index is 550. The summed E-state index contributed by atoms with van der Waals surface area (Å²) in [7, 11) is 0. The van der Waals surface area contributed by atoms with Crippen LogP contribution in [-0.2, 0) is 6.54 Å². The summed E-state index contributed by atoms with van der Waals surface area (Å²) in [5, 5.41) is 4.78. The molecule has 0 spiro atoms. The van der Waals surface area contributed by atoms with Gasteiger partial charge in [0, 0.05) is 50.0 Å². The lowest BCUT2D eigenvalue weighted by Gasteiger charge is -2.28. The summed E-state index contributed by atoms with van der Waals surface area (Å²) in [6, 6.07) is 11.6. The molecule has 102 valence electrons. The SMILES string of the molecule is CC(C)n1c(CN2CCNCC2)cc2ccccc21. The zero-order valence-corrected chi connectivity index (χ0v) is 11.9. The number of nitrogens with one attached hydrogen (secondary N) is 1. The smallest absolute Gasteiger partial charge is 0.0485 e. The molecule has 1 N–H and O–H groups in total. The molecule has 3 heteroatoms.